The summed E-state index contributed by atoms with van der Waals surface area (Å²) < 4.78 is 7.29. The van der Waals surface area contributed by atoms with Crippen molar-refractivity contribution in [1.29, 1.82) is 0 Å². The van der Waals surface area contributed by atoms with Gasteiger partial charge in [0.25, 0.3) is 0 Å². The zero-order valence-electron chi connectivity index (χ0n) is 16.6. The molecule has 0 aromatic carbocycles. The molecule has 0 saturated carbocycles. The van der Waals surface area contributed by atoms with Crippen LogP contribution in [0.25, 0.3) is 0 Å². The standard InChI is InChI=1S/C17H31N7O2.HI/c1-17(2,3)26-16(25)22-14-7-10-24(11-14)15(18-4)19-8-5-6-9-23-12-20-21-13-23;/h12-14H,5-11H2,1-4H3,(H,18,19)(H,22,25);1H. The van der Waals surface area contributed by atoms with E-state index in [0.717, 1.165) is 51.4 Å². The molecule has 2 N–H and O–H groups in total. The van der Waals surface area contributed by atoms with Crippen LogP contribution >= 0.6 is 24.0 Å². The number of hydrogen-bond donors (Lipinski definition) is 2. The fourth-order valence-corrected chi connectivity index (χ4v) is 2.83. The minimum absolute atomic E-state index is 0. The molecule has 0 spiro atoms. The number of nitrogens with zero attached hydrogens (tertiary/aromatic N) is 5. The summed E-state index contributed by atoms with van der Waals surface area (Å²) in [5.74, 6) is 0.878. The van der Waals surface area contributed by atoms with Crippen LogP contribution in [0.15, 0.2) is 17.6 Å². The summed E-state index contributed by atoms with van der Waals surface area (Å²) in [7, 11) is 1.79. The monoisotopic (exact) mass is 493 g/mol. The molecule has 1 fully saturated rings. The van der Waals surface area contributed by atoms with Crippen molar-refractivity contribution in [2.24, 2.45) is 4.99 Å². The number of guanidine groups is 1. The second-order valence-electron chi connectivity index (χ2n) is 7.46. The third kappa shape index (κ3) is 8.76. The number of aliphatic imine (C=N–C) groups is 1. The molecule has 1 unspecified atom stereocenters. The maximum absolute atomic E-state index is 11.9. The highest BCUT2D eigenvalue weighted by Crippen LogP contribution is 2.12. The lowest BCUT2D eigenvalue weighted by molar-refractivity contribution is 0.0507. The second kappa shape index (κ2) is 11.3. The van der Waals surface area contributed by atoms with Crippen LogP contribution in [0, 0.1) is 0 Å². The van der Waals surface area contributed by atoms with Gasteiger partial charge >= 0.3 is 6.09 Å². The number of alkyl carbamates (subject to hydrolysis) is 1. The number of likely N-dealkylation sites (tertiary alicyclic amines) is 1. The van der Waals surface area contributed by atoms with E-state index in [0.29, 0.717) is 0 Å². The van der Waals surface area contributed by atoms with E-state index in [1.165, 1.54) is 0 Å². The van der Waals surface area contributed by atoms with Gasteiger partial charge in [-0.3, -0.25) is 4.99 Å². The van der Waals surface area contributed by atoms with E-state index in [1.807, 2.05) is 25.3 Å². The molecule has 10 heteroatoms. The van der Waals surface area contributed by atoms with Gasteiger partial charge in [0, 0.05) is 33.2 Å². The van der Waals surface area contributed by atoms with Gasteiger partial charge in [-0.15, -0.1) is 34.2 Å². The van der Waals surface area contributed by atoms with Crippen LogP contribution in [0.5, 0.6) is 0 Å². The fraction of sp³-hybridized carbons (Fsp3) is 0.765. The first-order valence-corrected chi connectivity index (χ1v) is 9.15. The maximum atomic E-state index is 11.9. The molecule has 1 aromatic heterocycles. The van der Waals surface area contributed by atoms with Crippen molar-refractivity contribution in [3.63, 3.8) is 0 Å². The van der Waals surface area contributed by atoms with Crippen LogP contribution in [0.3, 0.4) is 0 Å². The first-order valence-electron chi connectivity index (χ1n) is 9.15. The van der Waals surface area contributed by atoms with Gasteiger partial charge in [-0.2, -0.15) is 0 Å². The molecular formula is C17H32IN7O2. The number of aryl methyl sites for hydroxylation is 1. The normalized spacial score (nSPS) is 17.4. The third-order valence-electron chi connectivity index (χ3n) is 4.01. The number of carbonyl (C=O) groups excluding carboxylic acids is 1. The molecule has 2 rings (SSSR count). The van der Waals surface area contributed by atoms with E-state index in [9.17, 15) is 4.79 Å². The Hall–Kier alpha value is -1.59. The highest BCUT2D eigenvalue weighted by Gasteiger charge is 2.27. The predicted octanol–water partition coefficient (Wildman–Crippen LogP) is 1.85. The molecule has 1 atom stereocenters. The smallest absolute Gasteiger partial charge is 0.407 e. The molecule has 1 amide bonds. The van der Waals surface area contributed by atoms with E-state index in [4.69, 9.17) is 4.74 Å². The summed E-state index contributed by atoms with van der Waals surface area (Å²) in [6.07, 6.45) is 6.06. The third-order valence-corrected chi connectivity index (χ3v) is 4.01. The zero-order valence-corrected chi connectivity index (χ0v) is 19.0. The minimum Gasteiger partial charge on any atom is -0.444 e. The first kappa shape index (κ1) is 23.4. The molecule has 1 aliphatic heterocycles. The largest absolute Gasteiger partial charge is 0.444 e. The summed E-state index contributed by atoms with van der Waals surface area (Å²) >= 11 is 0. The Labute approximate surface area is 178 Å². The summed E-state index contributed by atoms with van der Waals surface area (Å²) in [6.45, 7) is 8.96. The van der Waals surface area contributed by atoms with Crippen molar-refractivity contribution < 1.29 is 9.53 Å². The Morgan fingerprint density at radius 2 is 2.00 bits per heavy atom. The summed E-state index contributed by atoms with van der Waals surface area (Å²) in [6, 6.07) is 0.0807. The molecule has 154 valence electrons. The topological polar surface area (TPSA) is 96.7 Å². The molecule has 1 aliphatic rings. The number of carbonyl (C=O) groups is 1. The molecular weight excluding hydrogens is 461 g/mol. The van der Waals surface area contributed by atoms with E-state index >= 15 is 0 Å². The number of unbranched alkanes of at least 4 members (excludes halogenated alkanes) is 1. The maximum Gasteiger partial charge on any atom is 0.407 e. The number of ether oxygens (including phenoxy) is 1. The number of aromatic nitrogens is 3. The average Bonchev–Trinajstić information content (AvgIpc) is 3.21. The molecule has 1 saturated heterocycles. The fourth-order valence-electron chi connectivity index (χ4n) is 2.83. The number of nitrogens with one attached hydrogen (secondary N) is 2. The molecule has 1 aromatic rings. The quantitative estimate of drug-likeness (QED) is 0.272. The molecule has 2 heterocycles. The van der Waals surface area contributed by atoms with E-state index < -0.39 is 5.60 Å². The highest BCUT2D eigenvalue weighted by molar-refractivity contribution is 14.0. The van der Waals surface area contributed by atoms with E-state index in [2.05, 4.69) is 30.7 Å². The van der Waals surface area contributed by atoms with Gasteiger partial charge in [0.1, 0.15) is 18.3 Å². The van der Waals surface area contributed by atoms with Gasteiger partial charge in [0.2, 0.25) is 0 Å². The van der Waals surface area contributed by atoms with Crippen LogP contribution in [-0.4, -0.2) is 70.0 Å². The van der Waals surface area contributed by atoms with E-state index in [1.54, 1.807) is 19.7 Å². The lowest BCUT2D eigenvalue weighted by Gasteiger charge is -2.23. The van der Waals surface area contributed by atoms with Gasteiger partial charge in [0.05, 0.1) is 6.04 Å². The van der Waals surface area contributed by atoms with Crippen LogP contribution in [0.2, 0.25) is 0 Å². The first-order chi connectivity index (χ1) is 12.4. The van der Waals surface area contributed by atoms with Crippen molar-refractivity contribution in [2.75, 3.05) is 26.7 Å². The summed E-state index contributed by atoms with van der Waals surface area (Å²) in [5, 5.41) is 13.9. The van der Waals surface area contributed by atoms with Gasteiger partial charge in [-0.1, -0.05) is 0 Å². The molecule has 0 bridgehead atoms. The van der Waals surface area contributed by atoms with E-state index in [-0.39, 0.29) is 36.1 Å². The van der Waals surface area contributed by atoms with Crippen molar-refractivity contribution >= 4 is 36.0 Å². The van der Waals surface area contributed by atoms with Crippen LogP contribution in [0.4, 0.5) is 4.79 Å². The Bertz CT molecular complexity index is 587. The Kier molecular flexibility index (Phi) is 9.81. The number of halogens is 1. The minimum atomic E-state index is -0.479. The van der Waals surface area contributed by atoms with Crippen LogP contribution in [-0.2, 0) is 11.3 Å². The lowest BCUT2D eigenvalue weighted by Crippen LogP contribution is -2.44. The number of rotatable bonds is 6. The molecule has 0 aliphatic carbocycles. The second-order valence-corrected chi connectivity index (χ2v) is 7.46. The van der Waals surface area contributed by atoms with Crippen molar-refractivity contribution in [1.82, 2.24) is 30.3 Å². The summed E-state index contributed by atoms with van der Waals surface area (Å²) in [4.78, 5) is 18.4. The van der Waals surface area contributed by atoms with Crippen molar-refractivity contribution in [2.45, 2.75) is 58.2 Å². The Balaban J connectivity index is 0.00000364. The van der Waals surface area contributed by atoms with Gasteiger partial charge in [-0.05, 0) is 40.0 Å². The molecule has 9 nitrogen and oxygen atoms in total. The average molecular weight is 493 g/mol. The van der Waals surface area contributed by atoms with Gasteiger partial charge in [-0.25, -0.2) is 4.79 Å². The predicted molar refractivity (Wildman–Crippen MR) is 115 cm³/mol. The molecule has 0 radical (unpaired) electrons. The number of amides is 1. The van der Waals surface area contributed by atoms with Gasteiger partial charge in [0.15, 0.2) is 5.96 Å². The van der Waals surface area contributed by atoms with Crippen molar-refractivity contribution in [3.05, 3.63) is 12.7 Å². The molecule has 27 heavy (non-hydrogen) atoms. The Morgan fingerprint density at radius 1 is 1.30 bits per heavy atom. The number of hydrogen-bond acceptors (Lipinski definition) is 5. The SMILES string of the molecule is CN=C(NCCCCn1cnnc1)N1CCC(NC(=O)OC(C)(C)C)C1.I. The zero-order chi connectivity index (χ0) is 19.0. The van der Waals surface area contributed by atoms with Gasteiger partial charge < -0.3 is 24.8 Å². The lowest BCUT2D eigenvalue weighted by atomic mass is 10.2. The Morgan fingerprint density at radius 3 is 2.63 bits per heavy atom. The summed E-state index contributed by atoms with van der Waals surface area (Å²) in [5.41, 5.74) is -0.479. The highest BCUT2D eigenvalue weighted by atomic mass is 127. The van der Waals surface area contributed by atoms with Crippen LogP contribution in [0.1, 0.15) is 40.0 Å². The van der Waals surface area contributed by atoms with Crippen LogP contribution < -0.4 is 10.6 Å². The van der Waals surface area contributed by atoms with Crippen molar-refractivity contribution in [3.8, 4) is 0 Å².